The lowest BCUT2D eigenvalue weighted by Crippen LogP contribution is -2.15. The van der Waals surface area contributed by atoms with Crippen LogP contribution in [0.1, 0.15) is 10.7 Å². The van der Waals surface area contributed by atoms with E-state index >= 15 is 0 Å². The summed E-state index contributed by atoms with van der Waals surface area (Å²) < 4.78 is 2.80. The van der Waals surface area contributed by atoms with Crippen molar-refractivity contribution in [1.82, 2.24) is 34.2 Å². The number of benzene rings is 1. The van der Waals surface area contributed by atoms with Gasteiger partial charge in [0.2, 0.25) is 4.96 Å². The number of H-pyrrole nitrogens is 1. The Morgan fingerprint density at radius 2 is 2.00 bits per heavy atom. The Morgan fingerprint density at radius 3 is 2.83 bits per heavy atom. The van der Waals surface area contributed by atoms with Crippen molar-refractivity contribution in [2.45, 2.75) is 17.8 Å². The molecule has 0 unspecified atom stereocenters. The van der Waals surface area contributed by atoms with E-state index in [0.717, 1.165) is 5.01 Å². The van der Waals surface area contributed by atoms with Crippen LogP contribution < -0.4 is 11.1 Å². The molecule has 0 saturated carbocycles. The summed E-state index contributed by atoms with van der Waals surface area (Å²) in [5, 5.41) is 8.61. The Labute approximate surface area is 181 Å². The van der Waals surface area contributed by atoms with Gasteiger partial charge in [-0.3, -0.25) is 14.7 Å². The molecule has 4 aromatic heterocycles. The largest absolute Gasteiger partial charge is 0.275 e. The van der Waals surface area contributed by atoms with Crippen molar-refractivity contribution in [2.24, 2.45) is 0 Å². The molecular weight excluding hydrogens is 446 g/mol. The van der Waals surface area contributed by atoms with Gasteiger partial charge >= 0.3 is 0 Å². The molecule has 9 nitrogen and oxygen atoms in total. The van der Waals surface area contributed by atoms with Gasteiger partial charge in [0.15, 0.2) is 16.6 Å². The predicted molar refractivity (Wildman–Crippen MR) is 115 cm³/mol. The van der Waals surface area contributed by atoms with Gasteiger partial charge in [0.25, 0.3) is 11.1 Å². The number of halogens is 1. The van der Waals surface area contributed by atoms with Gasteiger partial charge in [-0.15, -0.1) is 0 Å². The molecule has 0 fully saturated rings. The van der Waals surface area contributed by atoms with Crippen molar-refractivity contribution in [3.8, 4) is 11.4 Å². The standard InChI is InChI=1S/C18H12ClN7O2S2/c1-9-23-26-15(28)6-10(20-18(26)30-9)8-29-17-22-16(11-4-2-3-5-12(11)19)21-13-7-14(27)24-25(13)17/h2-7H,8H2,1H3,(H,24,27). The van der Waals surface area contributed by atoms with Gasteiger partial charge in [-0.05, 0) is 19.1 Å². The summed E-state index contributed by atoms with van der Waals surface area (Å²) in [5.74, 6) is 0.778. The lowest BCUT2D eigenvalue weighted by atomic mass is 10.2. The summed E-state index contributed by atoms with van der Waals surface area (Å²) in [4.78, 5) is 38.2. The van der Waals surface area contributed by atoms with E-state index in [1.54, 1.807) is 6.07 Å². The summed E-state index contributed by atoms with van der Waals surface area (Å²) in [6.07, 6.45) is 0. The van der Waals surface area contributed by atoms with Crippen molar-refractivity contribution in [3.05, 3.63) is 72.8 Å². The van der Waals surface area contributed by atoms with Gasteiger partial charge in [-0.1, -0.05) is 46.8 Å². The number of nitrogens with zero attached hydrogens (tertiary/aromatic N) is 6. The first-order valence-electron chi connectivity index (χ1n) is 8.72. The molecule has 1 N–H and O–H groups in total. The van der Waals surface area contributed by atoms with Crippen LogP contribution in [-0.2, 0) is 5.75 Å². The zero-order valence-electron chi connectivity index (χ0n) is 15.4. The van der Waals surface area contributed by atoms with E-state index < -0.39 is 0 Å². The minimum absolute atomic E-state index is 0.237. The summed E-state index contributed by atoms with van der Waals surface area (Å²) in [6, 6.07) is 10.1. The lowest BCUT2D eigenvalue weighted by molar-refractivity contribution is 0.766. The molecule has 0 aliphatic rings. The van der Waals surface area contributed by atoms with E-state index in [-0.39, 0.29) is 11.1 Å². The molecule has 12 heteroatoms. The summed E-state index contributed by atoms with van der Waals surface area (Å²) in [5.41, 5.74) is 1.15. The van der Waals surface area contributed by atoms with Crippen LogP contribution in [-0.4, -0.2) is 34.2 Å². The van der Waals surface area contributed by atoms with Crippen LogP contribution in [0.15, 0.2) is 51.1 Å². The van der Waals surface area contributed by atoms with Crippen molar-refractivity contribution in [1.29, 1.82) is 0 Å². The molecule has 5 rings (SSSR count). The highest BCUT2D eigenvalue weighted by Crippen LogP contribution is 2.28. The van der Waals surface area contributed by atoms with Gasteiger partial charge in [0.1, 0.15) is 5.01 Å². The van der Waals surface area contributed by atoms with E-state index in [9.17, 15) is 9.59 Å². The second kappa shape index (κ2) is 7.35. The number of aromatic nitrogens is 7. The third kappa shape index (κ3) is 3.40. The summed E-state index contributed by atoms with van der Waals surface area (Å²) in [6.45, 7) is 1.82. The predicted octanol–water partition coefficient (Wildman–Crippen LogP) is 2.80. The molecule has 150 valence electrons. The number of aromatic amines is 1. The molecule has 0 amide bonds. The molecular formula is C18H12ClN7O2S2. The third-order valence-corrected chi connectivity index (χ3v) is 6.31. The molecule has 4 heterocycles. The first kappa shape index (κ1) is 19.0. The fraction of sp³-hybridized carbons (Fsp3) is 0.111. The Hall–Kier alpha value is -3.02. The van der Waals surface area contributed by atoms with Crippen LogP contribution in [0, 0.1) is 6.92 Å². The second-order valence-electron chi connectivity index (χ2n) is 6.31. The van der Waals surface area contributed by atoms with E-state index in [0.29, 0.717) is 43.6 Å². The van der Waals surface area contributed by atoms with Crippen LogP contribution >= 0.6 is 34.7 Å². The van der Waals surface area contributed by atoms with E-state index in [1.807, 2.05) is 25.1 Å². The molecule has 30 heavy (non-hydrogen) atoms. The van der Waals surface area contributed by atoms with Crippen molar-refractivity contribution in [2.75, 3.05) is 0 Å². The van der Waals surface area contributed by atoms with Gasteiger partial charge in [0, 0.05) is 23.4 Å². The van der Waals surface area contributed by atoms with Crippen molar-refractivity contribution < 1.29 is 0 Å². The van der Waals surface area contributed by atoms with E-state index in [4.69, 9.17) is 11.6 Å². The number of fused-ring (bicyclic) bond motifs is 2. The minimum Gasteiger partial charge on any atom is -0.268 e. The maximum Gasteiger partial charge on any atom is 0.275 e. The minimum atomic E-state index is -0.291. The second-order valence-corrected chi connectivity index (χ2v) is 8.82. The molecule has 0 aliphatic heterocycles. The third-order valence-electron chi connectivity index (χ3n) is 4.19. The summed E-state index contributed by atoms with van der Waals surface area (Å²) in [7, 11) is 0. The highest BCUT2D eigenvalue weighted by Gasteiger charge is 2.14. The fourth-order valence-electron chi connectivity index (χ4n) is 2.91. The van der Waals surface area contributed by atoms with Crippen LogP contribution in [0.2, 0.25) is 5.02 Å². The molecule has 0 radical (unpaired) electrons. The van der Waals surface area contributed by atoms with Crippen LogP contribution in [0.4, 0.5) is 0 Å². The topological polar surface area (TPSA) is 110 Å². The van der Waals surface area contributed by atoms with Gasteiger partial charge in [-0.25, -0.2) is 19.5 Å². The number of rotatable bonds is 4. The molecule has 0 atom stereocenters. The first-order chi connectivity index (χ1) is 14.5. The normalized spacial score (nSPS) is 11.5. The number of nitrogens with one attached hydrogen (secondary N) is 1. The highest BCUT2D eigenvalue weighted by atomic mass is 35.5. The zero-order valence-corrected chi connectivity index (χ0v) is 17.8. The SMILES string of the molecule is Cc1nn2c(=O)cc(CSc3nc(-c4ccccc4Cl)nc4cc(=O)[nH]n34)nc2s1. The number of aryl methyl sites for hydroxylation is 1. The van der Waals surface area contributed by atoms with Gasteiger partial charge in [-0.2, -0.15) is 9.61 Å². The van der Waals surface area contributed by atoms with E-state index in [2.05, 4.69) is 25.1 Å². The molecule has 0 spiro atoms. The summed E-state index contributed by atoms with van der Waals surface area (Å²) >= 11 is 8.98. The Bertz CT molecular complexity index is 1540. The smallest absolute Gasteiger partial charge is 0.268 e. The van der Waals surface area contributed by atoms with Gasteiger partial charge in [0.05, 0.1) is 10.7 Å². The molecule has 0 bridgehead atoms. The molecule has 1 aromatic carbocycles. The lowest BCUT2D eigenvalue weighted by Gasteiger charge is -2.08. The van der Waals surface area contributed by atoms with Crippen LogP contribution in [0.25, 0.3) is 22.0 Å². The Morgan fingerprint density at radius 1 is 1.17 bits per heavy atom. The van der Waals surface area contributed by atoms with Crippen LogP contribution in [0.5, 0.6) is 0 Å². The Balaban J connectivity index is 1.56. The Kier molecular flexibility index (Phi) is 4.65. The van der Waals surface area contributed by atoms with Crippen molar-refractivity contribution in [3.63, 3.8) is 0 Å². The molecule has 0 saturated heterocycles. The average molecular weight is 458 g/mol. The van der Waals surface area contributed by atoms with Gasteiger partial charge < -0.3 is 0 Å². The van der Waals surface area contributed by atoms with E-state index in [1.165, 1.54) is 44.3 Å². The monoisotopic (exact) mass is 457 g/mol. The first-order valence-corrected chi connectivity index (χ1v) is 10.9. The number of thioether (sulfide) groups is 1. The maximum absolute atomic E-state index is 12.3. The fourth-order valence-corrected chi connectivity index (χ4v) is 4.74. The van der Waals surface area contributed by atoms with Crippen molar-refractivity contribution >= 4 is 45.3 Å². The van der Waals surface area contributed by atoms with Crippen LogP contribution in [0.3, 0.4) is 0 Å². The maximum atomic E-state index is 12.3. The molecule has 5 aromatic rings. The number of hydrogen-bond acceptors (Lipinski definition) is 8. The zero-order chi connectivity index (χ0) is 20.8. The average Bonchev–Trinajstić information content (AvgIpc) is 3.27. The molecule has 0 aliphatic carbocycles. The quantitative estimate of drug-likeness (QED) is 0.413. The highest BCUT2D eigenvalue weighted by molar-refractivity contribution is 7.98. The number of hydrogen-bond donors (Lipinski definition) is 1.